The first-order valence-electron chi connectivity index (χ1n) is 6.29. The van der Waals surface area contributed by atoms with Gasteiger partial charge in [-0.2, -0.15) is 5.26 Å². The highest BCUT2D eigenvalue weighted by Crippen LogP contribution is 2.07. The molecule has 0 aliphatic heterocycles. The van der Waals surface area contributed by atoms with Gasteiger partial charge in [-0.3, -0.25) is 0 Å². The van der Waals surface area contributed by atoms with E-state index in [1.807, 2.05) is 6.07 Å². The van der Waals surface area contributed by atoms with Crippen molar-refractivity contribution < 1.29 is 23.8 Å². The van der Waals surface area contributed by atoms with Crippen LogP contribution in [0.25, 0.3) is 0 Å². The van der Waals surface area contributed by atoms with Gasteiger partial charge in [-0.25, -0.2) is 9.59 Å². The average Bonchev–Trinajstić information content (AvgIpc) is 2.94. The van der Waals surface area contributed by atoms with Gasteiger partial charge >= 0.3 is 12.0 Å². The van der Waals surface area contributed by atoms with Gasteiger partial charge in [-0.05, 0) is 12.1 Å². The van der Waals surface area contributed by atoms with E-state index in [1.165, 1.54) is 24.1 Å². The monoisotopic (exact) mass is 295 g/mol. The smallest absolute Gasteiger partial charge is 0.371 e. The Morgan fingerprint density at radius 2 is 2.24 bits per heavy atom. The Kier molecular flexibility index (Phi) is 6.77. The molecule has 0 atom stereocenters. The molecule has 1 aromatic rings. The number of nitrogens with zero attached hydrogens (tertiary/aromatic N) is 2. The first-order valence-corrected chi connectivity index (χ1v) is 6.29. The third-order valence-electron chi connectivity index (χ3n) is 2.63. The molecule has 0 radical (unpaired) electrons. The van der Waals surface area contributed by atoms with Crippen molar-refractivity contribution in [3.8, 4) is 6.07 Å². The van der Waals surface area contributed by atoms with Crippen LogP contribution in [-0.2, 0) is 11.3 Å². The normalized spacial score (nSPS) is 9.90. The number of carboxylic acids is 1. The number of rotatable bonds is 8. The first-order chi connectivity index (χ1) is 10.1. The van der Waals surface area contributed by atoms with Crippen LogP contribution in [0.5, 0.6) is 0 Å². The number of hydrogen-bond acceptors (Lipinski definition) is 5. The molecule has 8 heteroatoms. The molecular weight excluding hydrogens is 278 g/mol. The van der Waals surface area contributed by atoms with E-state index < -0.39 is 5.97 Å². The van der Waals surface area contributed by atoms with Crippen LogP contribution >= 0.6 is 0 Å². The van der Waals surface area contributed by atoms with E-state index >= 15 is 0 Å². The minimum absolute atomic E-state index is 0.0716. The summed E-state index contributed by atoms with van der Waals surface area (Å²) in [6.07, 6.45) is 0.223. The molecule has 0 saturated heterocycles. The molecule has 0 fully saturated rings. The summed E-state index contributed by atoms with van der Waals surface area (Å²) in [5.74, 6) is -1.00. The molecule has 0 spiro atoms. The highest BCUT2D eigenvalue weighted by Gasteiger charge is 2.14. The predicted molar refractivity (Wildman–Crippen MR) is 71.6 cm³/mol. The van der Waals surface area contributed by atoms with Gasteiger partial charge in [0.2, 0.25) is 5.76 Å². The summed E-state index contributed by atoms with van der Waals surface area (Å²) in [5, 5.41) is 19.9. The van der Waals surface area contributed by atoms with Crippen LogP contribution in [0.2, 0.25) is 0 Å². The number of hydrogen-bond donors (Lipinski definition) is 2. The Bertz CT molecular complexity index is 520. The number of furan rings is 1. The topological polar surface area (TPSA) is 116 Å². The fraction of sp³-hybridized carbons (Fsp3) is 0.462. The van der Waals surface area contributed by atoms with E-state index in [9.17, 15) is 9.59 Å². The molecule has 1 rings (SSSR count). The summed E-state index contributed by atoms with van der Waals surface area (Å²) in [7, 11) is 1.52. The quantitative estimate of drug-likeness (QED) is 0.740. The van der Waals surface area contributed by atoms with Crippen molar-refractivity contribution in [2.24, 2.45) is 0 Å². The maximum atomic E-state index is 12.0. The number of aromatic carboxylic acids is 1. The molecule has 2 N–H and O–H groups in total. The number of carbonyl (C=O) groups excluding carboxylic acids is 1. The van der Waals surface area contributed by atoms with E-state index in [0.717, 1.165) is 0 Å². The number of nitrogens with one attached hydrogen (secondary N) is 1. The van der Waals surface area contributed by atoms with Crippen molar-refractivity contribution in [3.63, 3.8) is 0 Å². The van der Waals surface area contributed by atoms with Crippen LogP contribution in [0.4, 0.5) is 4.79 Å². The van der Waals surface area contributed by atoms with Crippen LogP contribution in [0, 0.1) is 11.3 Å². The van der Waals surface area contributed by atoms with Crippen LogP contribution in [-0.4, -0.2) is 48.8 Å². The van der Waals surface area contributed by atoms with E-state index in [1.54, 1.807) is 0 Å². The van der Waals surface area contributed by atoms with Crippen LogP contribution in [0.1, 0.15) is 22.7 Å². The summed E-state index contributed by atoms with van der Waals surface area (Å²) >= 11 is 0. The lowest BCUT2D eigenvalue weighted by atomic mass is 10.4. The molecule has 0 aliphatic rings. The molecule has 0 aliphatic carbocycles. The van der Waals surface area contributed by atoms with Gasteiger partial charge < -0.3 is 24.5 Å². The minimum Gasteiger partial charge on any atom is -0.475 e. The van der Waals surface area contributed by atoms with E-state index in [2.05, 4.69) is 5.32 Å². The maximum absolute atomic E-state index is 12.0. The number of methoxy groups -OCH3 is 1. The second-order valence-electron chi connectivity index (χ2n) is 4.12. The molecule has 8 nitrogen and oxygen atoms in total. The maximum Gasteiger partial charge on any atom is 0.371 e. The lowest BCUT2D eigenvalue weighted by Gasteiger charge is -2.21. The highest BCUT2D eigenvalue weighted by atomic mass is 16.5. The van der Waals surface area contributed by atoms with Gasteiger partial charge in [0, 0.05) is 20.2 Å². The standard InChI is InChI=1S/C13H17N3O5/c1-20-8-7-16(6-2-5-14)13(19)15-9-10-3-4-11(21-10)12(17)18/h3-4H,2,6-9H2,1H3,(H,15,19)(H,17,18). The second-order valence-corrected chi connectivity index (χ2v) is 4.12. The third-order valence-corrected chi connectivity index (χ3v) is 2.63. The van der Waals surface area contributed by atoms with Gasteiger partial charge in [0.05, 0.1) is 25.6 Å². The van der Waals surface area contributed by atoms with Gasteiger partial charge in [0.25, 0.3) is 0 Å². The molecule has 2 amide bonds. The van der Waals surface area contributed by atoms with Crippen molar-refractivity contribution in [1.82, 2.24) is 10.2 Å². The fourth-order valence-electron chi connectivity index (χ4n) is 1.56. The Morgan fingerprint density at radius 1 is 1.48 bits per heavy atom. The largest absolute Gasteiger partial charge is 0.475 e. The van der Waals surface area contributed by atoms with Crippen molar-refractivity contribution in [2.45, 2.75) is 13.0 Å². The molecule has 114 valence electrons. The molecule has 0 aromatic carbocycles. The van der Waals surface area contributed by atoms with Gasteiger partial charge in [-0.15, -0.1) is 0 Å². The third kappa shape index (κ3) is 5.54. The molecular formula is C13H17N3O5. The van der Waals surface area contributed by atoms with Crippen LogP contribution in [0.15, 0.2) is 16.5 Å². The number of carboxylic acid groups (broad SMARTS) is 1. The zero-order valence-corrected chi connectivity index (χ0v) is 11.7. The summed E-state index contributed by atoms with van der Waals surface area (Å²) in [6, 6.07) is 4.41. The second kappa shape index (κ2) is 8.60. The Morgan fingerprint density at radius 3 is 2.81 bits per heavy atom. The summed E-state index contributed by atoms with van der Waals surface area (Å²) in [4.78, 5) is 24.1. The Labute approximate surface area is 121 Å². The molecule has 1 heterocycles. The van der Waals surface area contributed by atoms with Gasteiger partial charge in [0.1, 0.15) is 5.76 Å². The molecule has 0 unspecified atom stereocenters. The number of amides is 2. The van der Waals surface area contributed by atoms with Gasteiger partial charge in [0.15, 0.2) is 0 Å². The van der Waals surface area contributed by atoms with Crippen molar-refractivity contribution in [3.05, 3.63) is 23.7 Å². The molecule has 0 saturated carbocycles. The Hall–Kier alpha value is -2.53. The summed E-state index contributed by atoms with van der Waals surface area (Å²) in [6.45, 7) is 1.09. The van der Waals surface area contributed by atoms with Crippen LogP contribution in [0.3, 0.4) is 0 Å². The SMILES string of the molecule is COCCN(CCC#N)C(=O)NCc1ccc(C(=O)O)o1. The number of urea groups is 1. The van der Waals surface area contributed by atoms with Crippen molar-refractivity contribution in [2.75, 3.05) is 26.8 Å². The molecule has 21 heavy (non-hydrogen) atoms. The van der Waals surface area contributed by atoms with Crippen molar-refractivity contribution in [1.29, 1.82) is 5.26 Å². The highest BCUT2D eigenvalue weighted by molar-refractivity contribution is 5.84. The first kappa shape index (κ1) is 16.5. The number of ether oxygens (including phenoxy) is 1. The number of nitriles is 1. The lowest BCUT2D eigenvalue weighted by molar-refractivity contribution is 0.0660. The van der Waals surface area contributed by atoms with Crippen molar-refractivity contribution >= 4 is 12.0 Å². The minimum atomic E-state index is -1.16. The molecule has 1 aromatic heterocycles. The zero-order chi connectivity index (χ0) is 15.7. The van der Waals surface area contributed by atoms with E-state index in [-0.39, 0.29) is 24.8 Å². The average molecular weight is 295 g/mol. The number of carbonyl (C=O) groups is 2. The lowest BCUT2D eigenvalue weighted by Crippen LogP contribution is -2.41. The van der Waals surface area contributed by atoms with E-state index in [0.29, 0.717) is 25.5 Å². The van der Waals surface area contributed by atoms with Gasteiger partial charge in [-0.1, -0.05) is 0 Å². The summed E-state index contributed by atoms with van der Waals surface area (Å²) < 4.78 is 9.93. The fourth-order valence-corrected chi connectivity index (χ4v) is 1.56. The van der Waals surface area contributed by atoms with E-state index in [4.69, 9.17) is 19.5 Å². The molecule has 0 bridgehead atoms. The van der Waals surface area contributed by atoms with Crippen LogP contribution < -0.4 is 5.32 Å². The predicted octanol–water partition coefficient (Wildman–Crippen LogP) is 1.05. The zero-order valence-electron chi connectivity index (χ0n) is 11.7. The Balaban J connectivity index is 2.51. The summed E-state index contributed by atoms with van der Waals surface area (Å²) in [5.41, 5.74) is 0.